The van der Waals surface area contributed by atoms with Crippen LogP contribution in [0.3, 0.4) is 0 Å². The molecule has 0 fully saturated rings. The van der Waals surface area contributed by atoms with Crippen molar-refractivity contribution in [1.82, 2.24) is 0 Å². The van der Waals surface area contributed by atoms with Gasteiger partial charge in [-0.2, -0.15) is 0 Å². The second kappa shape index (κ2) is 82.6. The van der Waals surface area contributed by atoms with Gasteiger partial charge in [-0.1, -0.05) is 462 Å². The molecule has 1 N–H and O–H groups in total. The van der Waals surface area contributed by atoms with Crippen LogP contribution in [-0.2, 0) is 19.1 Å². The normalized spacial score (nSPS) is 12.2. The Kier molecular flexibility index (Phi) is 81.1. The molecular weight excluding hydrogens is 1110 g/mol. The summed E-state index contributed by atoms with van der Waals surface area (Å²) in [5, 5.41) is 9.74. The van der Waals surface area contributed by atoms with E-state index in [0.717, 1.165) is 38.5 Å². The highest BCUT2D eigenvalue weighted by Crippen LogP contribution is 2.21. The molecule has 0 aromatic heterocycles. The molecule has 0 aliphatic heterocycles. The SMILES string of the molecule is CCCCCCC/C=C\C/C=C\CCCCCCCCCCCCCCCCCCCCCCCCCCCCCCCC(=O)OC(CO)COC(=O)CCCCCCCCCCCCCCCCCCCCCCCCCCCCCCCCCCCCCC. The molecule has 540 valence electrons. The molecule has 0 radical (unpaired) electrons. The minimum absolute atomic E-state index is 0.0564. The molecule has 0 aromatic carbocycles. The van der Waals surface area contributed by atoms with Crippen LogP contribution in [0, 0.1) is 0 Å². The fraction of sp³-hybridized carbons (Fsp3) is 0.930. The van der Waals surface area contributed by atoms with Gasteiger partial charge in [0.2, 0.25) is 0 Å². The van der Waals surface area contributed by atoms with Crippen LogP contribution in [0.25, 0.3) is 0 Å². The zero-order valence-electron chi connectivity index (χ0n) is 62.4. The molecule has 0 spiro atoms. The van der Waals surface area contributed by atoms with Crippen molar-refractivity contribution >= 4 is 11.9 Å². The van der Waals surface area contributed by atoms with Gasteiger partial charge in [0.15, 0.2) is 6.10 Å². The number of hydrogen-bond donors (Lipinski definition) is 1. The smallest absolute Gasteiger partial charge is 0.306 e. The summed E-state index contributed by atoms with van der Waals surface area (Å²) >= 11 is 0. The largest absolute Gasteiger partial charge is 0.462 e. The molecule has 1 unspecified atom stereocenters. The first-order valence-electron chi connectivity index (χ1n) is 42.4. The first-order chi connectivity index (χ1) is 45.1. The standard InChI is InChI=1S/C86H166O5/c1-3-5-7-9-11-13-15-17-19-21-23-25-27-29-31-33-35-37-39-41-42-43-44-45-47-49-51-53-55-57-59-61-63-65-67-69-71-73-75-77-79-81-86(89)91-84(82-87)83-90-85(88)80-78-76-74-72-70-68-66-64-62-60-58-56-54-52-50-48-46-40-38-36-34-32-30-28-26-24-22-20-18-16-14-12-10-8-6-4-2/h15,17,21,23,84,87H,3-14,16,18-20,22,24-83H2,1-2H3/b17-15-,23-21-. The van der Waals surface area contributed by atoms with Crippen molar-refractivity contribution in [3.05, 3.63) is 24.3 Å². The van der Waals surface area contributed by atoms with Gasteiger partial charge in [0.1, 0.15) is 6.61 Å². The molecular formula is C86H166O5. The maximum Gasteiger partial charge on any atom is 0.306 e. The van der Waals surface area contributed by atoms with Crippen molar-refractivity contribution in [3.63, 3.8) is 0 Å². The summed E-state index contributed by atoms with van der Waals surface area (Å²) in [5.41, 5.74) is 0. The lowest BCUT2D eigenvalue weighted by Crippen LogP contribution is -2.28. The van der Waals surface area contributed by atoms with Crippen LogP contribution in [-0.4, -0.2) is 36.4 Å². The van der Waals surface area contributed by atoms with Gasteiger partial charge in [0, 0.05) is 12.8 Å². The number of hydrogen-bond acceptors (Lipinski definition) is 5. The average Bonchev–Trinajstić information content (AvgIpc) is 3.68. The zero-order valence-corrected chi connectivity index (χ0v) is 62.4. The van der Waals surface area contributed by atoms with Gasteiger partial charge in [0.05, 0.1) is 6.61 Å². The van der Waals surface area contributed by atoms with Gasteiger partial charge in [0.25, 0.3) is 0 Å². The Morgan fingerprint density at radius 2 is 0.440 bits per heavy atom. The molecule has 5 nitrogen and oxygen atoms in total. The number of ether oxygens (including phenoxy) is 2. The van der Waals surface area contributed by atoms with Crippen LogP contribution in [0.1, 0.15) is 495 Å². The summed E-state index contributed by atoms with van der Waals surface area (Å²) in [6.45, 7) is 4.22. The van der Waals surface area contributed by atoms with Crippen LogP contribution in [0.4, 0.5) is 0 Å². The van der Waals surface area contributed by atoms with E-state index >= 15 is 0 Å². The lowest BCUT2D eigenvalue weighted by molar-refractivity contribution is -0.161. The summed E-state index contributed by atoms with van der Waals surface area (Å²) in [7, 11) is 0. The van der Waals surface area contributed by atoms with Crippen molar-refractivity contribution in [1.29, 1.82) is 0 Å². The van der Waals surface area contributed by atoms with Crippen molar-refractivity contribution in [2.75, 3.05) is 13.2 Å². The number of carbonyl (C=O) groups excluding carboxylic acids is 2. The number of aliphatic hydroxyl groups excluding tert-OH is 1. The Bertz CT molecular complexity index is 1410. The predicted octanol–water partition coefficient (Wildman–Crippen LogP) is 29.8. The van der Waals surface area contributed by atoms with E-state index in [1.807, 2.05) is 0 Å². The van der Waals surface area contributed by atoms with Crippen LogP contribution >= 0.6 is 0 Å². The fourth-order valence-corrected chi connectivity index (χ4v) is 13.7. The molecule has 0 saturated carbocycles. The van der Waals surface area contributed by atoms with E-state index in [1.54, 1.807) is 0 Å². The minimum Gasteiger partial charge on any atom is -0.462 e. The lowest BCUT2D eigenvalue weighted by Gasteiger charge is -2.15. The average molecular weight is 1280 g/mol. The Morgan fingerprint density at radius 1 is 0.253 bits per heavy atom. The van der Waals surface area contributed by atoms with Gasteiger partial charge in [-0.05, 0) is 44.9 Å². The van der Waals surface area contributed by atoms with Gasteiger partial charge in [-0.25, -0.2) is 0 Å². The van der Waals surface area contributed by atoms with Gasteiger partial charge < -0.3 is 14.6 Å². The number of unbranched alkanes of at least 4 members (excludes halogenated alkanes) is 69. The van der Waals surface area contributed by atoms with E-state index in [2.05, 4.69) is 38.2 Å². The molecule has 0 saturated heterocycles. The molecule has 5 heteroatoms. The quantitative estimate of drug-likeness (QED) is 0.0373. The number of rotatable bonds is 81. The first kappa shape index (κ1) is 89.4. The van der Waals surface area contributed by atoms with E-state index in [1.165, 1.54) is 430 Å². The topological polar surface area (TPSA) is 72.8 Å². The zero-order chi connectivity index (χ0) is 65.4. The van der Waals surface area contributed by atoms with Crippen molar-refractivity contribution in [2.24, 2.45) is 0 Å². The summed E-state index contributed by atoms with van der Waals surface area (Å²) in [4.78, 5) is 24.7. The summed E-state index contributed by atoms with van der Waals surface area (Å²) in [6.07, 6.45) is 110. The Morgan fingerprint density at radius 3 is 0.648 bits per heavy atom. The van der Waals surface area contributed by atoms with E-state index in [-0.39, 0.29) is 25.2 Å². The number of allylic oxidation sites excluding steroid dienone is 4. The highest BCUT2D eigenvalue weighted by Gasteiger charge is 2.16. The molecule has 0 aliphatic rings. The van der Waals surface area contributed by atoms with E-state index in [4.69, 9.17) is 9.47 Å². The molecule has 0 heterocycles. The summed E-state index contributed by atoms with van der Waals surface area (Å²) in [5.74, 6) is -0.557. The second-order valence-electron chi connectivity index (χ2n) is 29.3. The number of carbonyl (C=O) groups is 2. The number of aliphatic hydroxyl groups is 1. The Hall–Kier alpha value is -1.62. The Balaban J connectivity index is 3.33. The maximum atomic E-state index is 12.4. The molecule has 0 amide bonds. The highest BCUT2D eigenvalue weighted by molar-refractivity contribution is 5.70. The predicted molar refractivity (Wildman–Crippen MR) is 404 cm³/mol. The number of esters is 2. The first-order valence-corrected chi connectivity index (χ1v) is 42.4. The van der Waals surface area contributed by atoms with Gasteiger partial charge in [-0.15, -0.1) is 0 Å². The Labute approximate surface area is 572 Å². The molecule has 1 atom stereocenters. The van der Waals surface area contributed by atoms with Crippen molar-refractivity contribution in [2.45, 2.75) is 502 Å². The molecule has 0 aliphatic carbocycles. The molecule has 0 rings (SSSR count). The molecule has 0 aromatic rings. The third-order valence-corrected chi connectivity index (χ3v) is 20.0. The highest BCUT2D eigenvalue weighted by atomic mass is 16.6. The van der Waals surface area contributed by atoms with E-state index in [0.29, 0.717) is 12.8 Å². The second-order valence-corrected chi connectivity index (χ2v) is 29.3. The monoisotopic (exact) mass is 1280 g/mol. The van der Waals surface area contributed by atoms with Crippen LogP contribution in [0.5, 0.6) is 0 Å². The lowest BCUT2D eigenvalue weighted by atomic mass is 10.0. The maximum absolute atomic E-state index is 12.4. The van der Waals surface area contributed by atoms with Crippen LogP contribution < -0.4 is 0 Å². The van der Waals surface area contributed by atoms with Gasteiger partial charge in [-0.3, -0.25) is 9.59 Å². The molecule has 91 heavy (non-hydrogen) atoms. The van der Waals surface area contributed by atoms with Crippen molar-refractivity contribution < 1.29 is 24.2 Å². The van der Waals surface area contributed by atoms with Crippen LogP contribution in [0.15, 0.2) is 24.3 Å². The molecule has 0 bridgehead atoms. The van der Waals surface area contributed by atoms with Crippen LogP contribution in [0.2, 0.25) is 0 Å². The summed E-state index contributed by atoms with van der Waals surface area (Å²) in [6, 6.07) is 0. The van der Waals surface area contributed by atoms with Gasteiger partial charge >= 0.3 is 11.9 Å². The van der Waals surface area contributed by atoms with Crippen molar-refractivity contribution in [3.8, 4) is 0 Å². The van der Waals surface area contributed by atoms with E-state index < -0.39 is 6.10 Å². The third kappa shape index (κ3) is 80.7. The fourth-order valence-electron chi connectivity index (χ4n) is 13.7. The summed E-state index contributed by atoms with van der Waals surface area (Å²) < 4.78 is 10.8. The van der Waals surface area contributed by atoms with E-state index in [9.17, 15) is 14.7 Å². The third-order valence-electron chi connectivity index (χ3n) is 20.0. The minimum atomic E-state index is -0.768.